The molecule has 2 aromatic carbocycles. The molecule has 2 amide bonds. The summed E-state index contributed by atoms with van der Waals surface area (Å²) in [5.41, 5.74) is 1.86. The average Bonchev–Trinajstić information content (AvgIpc) is 3.71. The van der Waals surface area contributed by atoms with Crippen LogP contribution in [0.5, 0.6) is 0 Å². The van der Waals surface area contributed by atoms with Crippen molar-refractivity contribution in [3.05, 3.63) is 63.8 Å². The quantitative estimate of drug-likeness (QED) is 0.238. The first-order chi connectivity index (χ1) is 24.3. The van der Waals surface area contributed by atoms with Crippen LogP contribution in [0.3, 0.4) is 0 Å². The molecule has 2 N–H and O–H groups in total. The van der Waals surface area contributed by atoms with E-state index in [1.54, 1.807) is 18.3 Å². The number of amides is 2. The molecule has 1 aromatic heterocycles. The maximum Gasteiger partial charge on any atom is 0.306 e. The van der Waals surface area contributed by atoms with Gasteiger partial charge in [-0.2, -0.15) is 0 Å². The average molecular weight is 745 g/mol. The van der Waals surface area contributed by atoms with Gasteiger partial charge in [-0.3, -0.25) is 24.2 Å². The number of piperazine rings is 1. The molecule has 10 nitrogen and oxygen atoms in total. The highest BCUT2D eigenvalue weighted by atomic mass is 35.5. The Morgan fingerprint density at radius 2 is 1.73 bits per heavy atom. The largest absolute Gasteiger partial charge is 0.481 e. The van der Waals surface area contributed by atoms with Gasteiger partial charge in [0.1, 0.15) is 6.67 Å². The summed E-state index contributed by atoms with van der Waals surface area (Å²) in [5, 5.41) is 13.7. The van der Waals surface area contributed by atoms with Crippen LogP contribution in [0.2, 0.25) is 10.0 Å². The first-order valence-corrected chi connectivity index (χ1v) is 18.6. The van der Waals surface area contributed by atoms with Gasteiger partial charge < -0.3 is 24.6 Å². The first-order valence-electron chi connectivity index (χ1n) is 17.9. The molecule has 0 bridgehead atoms. The van der Waals surface area contributed by atoms with E-state index in [-0.39, 0.29) is 47.4 Å². The molecule has 2 aliphatic heterocycles. The lowest BCUT2D eigenvalue weighted by Crippen LogP contribution is -2.57. The van der Waals surface area contributed by atoms with E-state index in [1.807, 2.05) is 54.6 Å². The molecule has 2 saturated heterocycles. The third kappa shape index (κ3) is 8.38. The fraction of sp³-hybridized carbons (Fsp3) is 0.553. The van der Waals surface area contributed by atoms with Crippen LogP contribution in [0.15, 0.2) is 42.6 Å². The second-order valence-electron chi connectivity index (χ2n) is 14.9. The number of rotatable bonds is 11. The van der Waals surface area contributed by atoms with E-state index in [0.717, 1.165) is 43.5 Å². The van der Waals surface area contributed by atoms with Crippen LogP contribution in [0, 0.1) is 5.92 Å². The lowest BCUT2D eigenvalue weighted by molar-refractivity contribution is -0.144. The Morgan fingerprint density at radius 3 is 2.41 bits per heavy atom. The smallest absolute Gasteiger partial charge is 0.306 e. The van der Waals surface area contributed by atoms with Gasteiger partial charge >= 0.3 is 5.97 Å². The SMILES string of the molecule is Cn1cc(C(=O)Nc2cc(Cl)c(CC(=O)N3C[C@@H](N4CCN(C(C)(C)CF)CC4)C[C@H]3CO[C@H]3CC[C@H](C(=O)O)CC3)cc2Cl)c2ccccc21. The highest BCUT2D eigenvalue weighted by Gasteiger charge is 2.41. The summed E-state index contributed by atoms with van der Waals surface area (Å²) >= 11 is 13.4. The predicted octanol–water partition coefficient (Wildman–Crippen LogP) is 6.28. The van der Waals surface area contributed by atoms with E-state index in [4.69, 9.17) is 27.9 Å². The number of hydrogen-bond acceptors (Lipinski definition) is 6. The van der Waals surface area contributed by atoms with Crippen LogP contribution in [0.25, 0.3) is 10.9 Å². The Labute approximate surface area is 308 Å². The van der Waals surface area contributed by atoms with E-state index in [9.17, 15) is 23.9 Å². The number of carbonyl (C=O) groups excluding carboxylic acids is 2. The van der Waals surface area contributed by atoms with Gasteiger partial charge in [0.05, 0.1) is 47.4 Å². The highest BCUT2D eigenvalue weighted by molar-refractivity contribution is 6.36. The number of carboxylic acid groups (broad SMARTS) is 1. The van der Waals surface area contributed by atoms with Gasteiger partial charge in [0.25, 0.3) is 5.91 Å². The number of fused-ring (bicyclic) bond motifs is 1. The minimum absolute atomic E-state index is 0.0293. The summed E-state index contributed by atoms with van der Waals surface area (Å²) in [5.74, 6) is -1.49. The molecule has 3 aromatic rings. The van der Waals surface area contributed by atoms with Crippen molar-refractivity contribution in [1.82, 2.24) is 19.3 Å². The van der Waals surface area contributed by atoms with Crippen molar-refractivity contribution in [2.45, 2.75) is 76.1 Å². The van der Waals surface area contributed by atoms with Crippen LogP contribution >= 0.6 is 23.2 Å². The highest BCUT2D eigenvalue weighted by Crippen LogP contribution is 2.33. The Morgan fingerprint density at radius 1 is 1.02 bits per heavy atom. The van der Waals surface area contributed by atoms with Gasteiger partial charge in [-0.25, -0.2) is 4.39 Å². The summed E-state index contributed by atoms with van der Waals surface area (Å²) in [6.07, 6.45) is 5.07. The fourth-order valence-electron chi connectivity index (χ4n) is 7.92. The van der Waals surface area contributed by atoms with Crippen molar-refractivity contribution in [1.29, 1.82) is 0 Å². The molecular formula is C38H48Cl2FN5O5. The van der Waals surface area contributed by atoms with E-state index in [0.29, 0.717) is 60.7 Å². The zero-order valence-corrected chi connectivity index (χ0v) is 31.1. The predicted molar refractivity (Wildman–Crippen MR) is 197 cm³/mol. The molecule has 13 heteroatoms. The van der Waals surface area contributed by atoms with Crippen molar-refractivity contribution in [3.8, 4) is 0 Å². The maximum atomic E-state index is 14.0. The zero-order chi connectivity index (χ0) is 36.4. The normalized spacial score (nSPS) is 23.5. The number of hydrogen-bond donors (Lipinski definition) is 2. The number of carbonyl (C=O) groups is 3. The van der Waals surface area contributed by atoms with E-state index < -0.39 is 18.2 Å². The molecule has 0 radical (unpaired) electrons. The molecule has 1 saturated carbocycles. The number of likely N-dealkylation sites (tertiary alicyclic amines) is 1. The number of ether oxygens (including phenoxy) is 1. The third-order valence-electron chi connectivity index (χ3n) is 11.1. The molecule has 51 heavy (non-hydrogen) atoms. The number of halogens is 3. The van der Waals surface area contributed by atoms with Gasteiger partial charge in [-0.05, 0) is 69.7 Å². The third-order valence-corrected chi connectivity index (χ3v) is 11.8. The molecule has 3 aliphatic rings. The number of aromatic nitrogens is 1. The van der Waals surface area contributed by atoms with Gasteiger partial charge in [0, 0.05) is 73.5 Å². The van der Waals surface area contributed by atoms with Crippen LogP contribution < -0.4 is 5.32 Å². The zero-order valence-electron chi connectivity index (χ0n) is 29.5. The maximum absolute atomic E-state index is 14.0. The molecule has 1 aliphatic carbocycles. The second-order valence-corrected chi connectivity index (χ2v) is 15.7. The van der Waals surface area contributed by atoms with Crippen LogP contribution in [0.4, 0.5) is 10.1 Å². The second kappa shape index (κ2) is 15.8. The van der Waals surface area contributed by atoms with Crippen molar-refractivity contribution >= 4 is 57.6 Å². The number of alkyl halides is 1. The Hall–Kier alpha value is -3.22. The number of anilines is 1. The molecule has 276 valence electrons. The Bertz CT molecular complexity index is 1750. The summed E-state index contributed by atoms with van der Waals surface area (Å²) in [4.78, 5) is 45.3. The van der Waals surface area contributed by atoms with Gasteiger partial charge in [-0.1, -0.05) is 41.4 Å². The van der Waals surface area contributed by atoms with Crippen LogP contribution in [0.1, 0.15) is 61.9 Å². The number of aliphatic carboxylic acids is 1. The number of nitrogens with one attached hydrogen (secondary N) is 1. The molecule has 0 spiro atoms. The topological polar surface area (TPSA) is 107 Å². The minimum Gasteiger partial charge on any atom is -0.481 e. The summed E-state index contributed by atoms with van der Waals surface area (Å²) in [6.45, 7) is 7.45. The van der Waals surface area contributed by atoms with Crippen molar-refractivity contribution in [2.75, 3.05) is 51.3 Å². The number of aryl methyl sites for hydroxylation is 1. The molecule has 3 fully saturated rings. The van der Waals surface area contributed by atoms with Crippen LogP contribution in [-0.2, 0) is 27.8 Å². The molecule has 2 atom stereocenters. The Balaban J connectivity index is 1.13. The van der Waals surface area contributed by atoms with Gasteiger partial charge in [-0.15, -0.1) is 0 Å². The monoisotopic (exact) mass is 743 g/mol. The summed E-state index contributed by atoms with van der Waals surface area (Å²) in [7, 11) is 1.89. The van der Waals surface area contributed by atoms with E-state index >= 15 is 0 Å². The summed E-state index contributed by atoms with van der Waals surface area (Å²) in [6, 6.07) is 10.9. The Kier molecular flexibility index (Phi) is 11.6. The van der Waals surface area contributed by atoms with Crippen LogP contribution in [-0.4, -0.2) is 112 Å². The number of nitrogens with zero attached hydrogens (tertiary/aromatic N) is 4. The first kappa shape index (κ1) is 37.5. The van der Waals surface area contributed by atoms with Crippen molar-refractivity contribution < 1.29 is 28.6 Å². The molecule has 0 unspecified atom stereocenters. The lowest BCUT2D eigenvalue weighted by atomic mass is 9.87. The van der Waals surface area contributed by atoms with E-state index in [2.05, 4.69) is 15.1 Å². The minimum atomic E-state index is -0.752. The molecule has 3 heterocycles. The standard InChI is InChI=1S/C38H48Cl2FN5O5/c1-38(2,23-41)45-14-12-44(13-15-45)26-18-27(22-51-28-10-8-24(9-11-28)37(49)50)46(20-26)35(47)17-25-16-32(40)33(19-31(25)39)42-36(48)30-21-43(3)34-7-5-4-6-29(30)34/h4-7,16,19,21,24,26-28H,8-15,17-18,20,22-23H2,1-3H3,(H,42,48)(H,49,50)/t24-,26-,27-,28-/m0/s1. The van der Waals surface area contributed by atoms with Crippen molar-refractivity contribution in [2.24, 2.45) is 13.0 Å². The van der Waals surface area contributed by atoms with Crippen molar-refractivity contribution in [3.63, 3.8) is 0 Å². The molecule has 6 rings (SSSR count). The summed E-state index contributed by atoms with van der Waals surface area (Å²) < 4.78 is 21.9. The van der Waals surface area contributed by atoms with Gasteiger partial charge in [0.2, 0.25) is 5.91 Å². The number of carboxylic acids is 1. The fourth-order valence-corrected chi connectivity index (χ4v) is 8.38. The van der Waals surface area contributed by atoms with E-state index in [1.165, 1.54) is 0 Å². The number of benzene rings is 2. The lowest BCUT2D eigenvalue weighted by Gasteiger charge is -2.44. The molecular weight excluding hydrogens is 696 g/mol. The number of para-hydroxylation sites is 1. The van der Waals surface area contributed by atoms with Gasteiger partial charge in [0.15, 0.2) is 0 Å².